The molecule has 4 aromatic carbocycles. The summed E-state index contributed by atoms with van der Waals surface area (Å²) in [6, 6.07) is 28.2. The first-order valence-corrected chi connectivity index (χ1v) is 12.2. The number of aryl methyl sites for hydroxylation is 1. The van der Waals surface area contributed by atoms with Crippen LogP contribution >= 0.6 is 0 Å². The minimum atomic E-state index is -1.09. The smallest absolute Gasteiger partial charge is 0.340 e. The number of anilines is 3. The molecule has 1 spiro atoms. The molecule has 36 heavy (non-hydrogen) atoms. The number of esters is 1. The van der Waals surface area contributed by atoms with E-state index in [4.69, 9.17) is 9.47 Å². The molecule has 1 atom stereocenters. The standard InChI is InChI=1S/C31H28N2O3/c1-19(2)33(4)22-14-15-25-29(17-22)35-28-16-20(3)27(32-21-10-6-5-7-11-21)18-26(28)31(25)24-13-9-8-12-23(24)30(34)36-31/h5-19,32H,1-4H3. The molecule has 0 aliphatic carbocycles. The predicted octanol–water partition coefficient (Wildman–Crippen LogP) is 7.15. The summed E-state index contributed by atoms with van der Waals surface area (Å²) in [5.74, 6) is 1.05. The Balaban J connectivity index is 1.58. The van der Waals surface area contributed by atoms with Crippen LogP contribution < -0.4 is 15.0 Å². The summed E-state index contributed by atoms with van der Waals surface area (Å²) >= 11 is 0. The predicted molar refractivity (Wildman–Crippen MR) is 143 cm³/mol. The molecule has 5 nitrogen and oxygen atoms in total. The third kappa shape index (κ3) is 3.27. The molecule has 2 aliphatic heterocycles. The minimum Gasteiger partial charge on any atom is -0.456 e. The van der Waals surface area contributed by atoms with E-state index >= 15 is 0 Å². The van der Waals surface area contributed by atoms with E-state index in [9.17, 15) is 4.79 Å². The van der Waals surface area contributed by atoms with Gasteiger partial charge in [0.15, 0.2) is 5.60 Å². The van der Waals surface area contributed by atoms with Gasteiger partial charge in [-0.15, -0.1) is 0 Å². The Morgan fingerprint density at radius 3 is 2.33 bits per heavy atom. The van der Waals surface area contributed by atoms with Gasteiger partial charge < -0.3 is 19.7 Å². The lowest BCUT2D eigenvalue weighted by Gasteiger charge is -2.38. The molecule has 4 aromatic rings. The number of rotatable bonds is 4. The lowest BCUT2D eigenvalue weighted by Crippen LogP contribution is -2.33. The Labute approximate surface area is 211 Å². The van der Waals surface area contributed by atoms with E-state index in [1.54, 1.807) is 0 Å². The minimum absolute atomic E-state index is 0.326. The molecule has 5 heteroatoms. The van der Waals surface area contributed by atoms with Crippen molar-refractivity contribution in [3.8, 4) is 11.5 Å². The van der Waals surface area contributed by atoms with Crippen molar-refractivity contribution in [2.24, 2.45) is 0 Å². The number of fused-ring (bicyclic) bond motifs is 6. The molecule has 0 aromatic heterocycles. The first-order valence-electron chi connectivity index (χ1n) is 12.2. The number of hydrogen-bond acceptors (Lipinski definition) is 5. The van der Waals surface area contributed by atoms with Gasteiger partial charge >= 0.3 is 5.97 Å². The molecule has 6 rings (SSSR count). The van der Waals surface area contributed by atoms with Gasteiger partial charge in [0.1, 0.15) is 11.5 Å². The zero-order valence-electron chi connectivity index (χ0n) is 20.8. The molecular weight excluding hydrogens is 448 g/mol. The Bertz CT molecular complexity index is 1500. The van der Waals surface area contributed by atoms with Crippen LogP contribution in [0.25, 0.3) is 0 Å². The van der Waals surface area contributed by atoms with Gasteiger partial charge in [0, 0.05) is 52.9 Å². The monoisotopic (exact) mass is 476 g/mol. The number of ether oxygens (including phenoxy) is 2. The van der Waals surface area contributed by atoms with Crippen molar-refractivity contribution in [2.45, 2.75) is 32.4 Å². The van der Waals surface area contributed by atoms with Crippen molar-refractivity contribution < 1.29 is 14.3 Å². The fraction of sp³-hybridized carbons (Fsp3) is 0.194. The molecule has 180 valence electrons. The summed E-state index contributed by atoms with van der Waals surface area (Å²) in [6.45, 7) is 6.35. The van der Waals surface area contributed by atoms with Crippen molar-refractivity contribution in [1.29, 1.82) is 0 Å². The summed E-state index contributed by atoms with van der Waals surface area (Å²) in [4.78, 5) is 15.4. The van der Waals surface area contributed by atoms with E-state index in [1.165, 1.54) is 0 Å². The largest absolute Gasteiger partial charge is 0.456 e. The molecule has 0 saturated carbocycles. The highest BCUT2D eigenvalue weighted by atomic mass is 16.6. The normalized spacial score (nSPS) is 17.2. The summed E-state index contributed by atoms with van der Waals surface area (Å²) in [5.41, 5.74) is 5.94. The molecule has 2 aliphatic rings. The Morgan fingerprint density at radius 1 is 0.833 bits per heavy atom. The van der Waals surface area contributed by atoms with Gasteiger partial charge in [0.2, 0.25) is 0 Å². The van der Waals surface area contributed by atoms with E-state index in [0.717, 1.165) is 39.3 Å². The van der Waals surface area contributed by atoms with Gasteiger partial charge in [-0.25, -0.2) is 4.79 Å². The van der Waals surface area contributed by atoms with Crippen LogP contribution in [0.5, 0.6) is 11.5 Å². The van der Waals surface area contributed by atoms with Crippen molar-refractivity contribution >= 4 is 23.0 Å². The molecule has 2 heterocycles. The number of hydrogen-bond donors (Lipinski definition) is 1. The van der Waals surface area contributed by atoms with Gasteiger partial charge in [-0.05, 0) is 68.8 Å². The average Bonchev–Trinajstić information content (AvgIpc) is 3.18. The molecular formula is C31H28N2O3. The first-order chi connectivity index (χ1) is 17.4. The van der Waals surface area contributed by atoms with E-state index < -0.39 is 5.60 Å². The van der Waals surface area contributed by atoms with Crippen molar-refractivity contribution in [3.63, 3.8) is 0 Å². The van der Waals surface area contributed by atoms with E-state index in [2.05, 4.69) is 50.2 Å². The van der Waals surface area contributed by atoms with Crippen molar-refractivity contribution in [2.75, 3.05) is 17.3 Å². The Hall–Kier alpha value is -4.25. The molecule has 0 radical (unpaired) electrons. The fourth-order valence-corrected chi connectivity index (χ4v) is 5.14. The zero-order chi connectivity index (χ0) is 25.0. The first kappa shape index (κ1) is 22.2. The topological polar surface area (TPSA) is 50.8 Å². The van der Waals surface area contributed by atoms with Gasteiger partial charge in [-0.2, -0.15) is 0 Å². The van der Waals surface area contributed by atoms with Gasteiger partial charge in [0.05, 0.1) is 5.56 Å². The third-order valence-corrected chi connectivity index (χ3v) is 7.28. The number of nitrogens with one attached hydrogen (secondary N) is 1. The van der Waals surface area contributed by atoms with Crippen LogP contribution in [0.1, 0.15) is 46.5 Å². The fourth-order valence-electron chi connectivity index (χ4n) is 5.14. The molecule has 0 amide bonds. The van der Waals surface area contributed by atoms with Gasteiger partial charge in [-0.3, -0.25) is 0 Å². The van der Waals surface area contributed by atoms with Crippen LogP contribution in [0.15, 0.2) is 84.9 Å². The average molecular weight is 477 g/mol. The molecule has 0 saturated heterocycles. The highest BCUT2D eigenvalue weighted by molar-refractivity contribution is 5.97. The van der Waals surface area contributed by atoms with Crippen LogP contribution in [0.3, 0.4) is 0 Å². The zero-order valence-corrected chi connectivity index (χ0v) is 20.8. The van der Waals surface area contributed by atoms with Gasteiger partial charge in [0.25, 0.3) is 0 Å². The second-order valence-corrected chi connectivity index (χ2v) is 9.76. The maximum absolute atomic E-state index is 13.2. The van der Waals surface area contributed by atoms with Crippen LogP contribution in [0, 0.1) is 6.92 Å². The number of nitrogens with zero attached hydrogens (tertiary/aromatic N) is 1. The Morgan fingerprint density at radius 2 is 1.56 bits per heavy atom. The SMILES string of the molecule is Cc1cc2c(cc1Nc1ccccc1)C1(OC(=O)c3ccccc31)c1ccc(N(C)C(C)C)cc1O2. The molecule has 1 N–H and O–H groups in total. The number of benzene rings is 4. The van der Waals surface area contributed by atoms with Crippen molar-refractivity contribution in [3.05, 3.63) is 113 Å². The Kier molecular flexibility index (Phi) is 5.04. The molecule has 1 unspecified atom stereocenters. The van der Waals surface area contributed by atoms with Gasteiger partial charge in [-0.1, -0.05) is 36.4 Å². The number of para-hydroxylation sites is 1. The van der Waals surface area contributed by atoms with Crippen LogP contribution in [0.4, 0.5) is 17.1 Å². The van der Waals surface area contributed by atoms with E-state index in [1.807, 2.05) is 72.8 Å². The van der Waals surface area contributed by atoms with E-state index in [-0.39, 0.29) is 5.97 Å². The molecule has 0 fully saturated rings. The summed E-state index contributed by atoms with van der Waals surface area (Å²) < 4.78 is 12.9. The van der Waals surface area contributed by atoms with Crippen LogP contribution in [-0.2, 0) is 10.3 Å². The van der Waals surface area contributed by atoms with Crippen LogP contribution in [0.2, 0.25) is 0 Å². The second-order valence-electron chi connectivity index (χ2n) is 9.76. The maximum atomic E-state index is 13.2. The van der Waals surface area contributed by atoms with E-state index in [0.29, 0.717) is 23.1 Å². The third-order valence-electron chi connectivity index (χ3n) is 7.28. The summed E-state index contributed by atoms with van der Waals surface area (Å²) in [6.07, 6.45) is 0. The highest BCUT2D eigenvalue weighted by Crippen LogP contribution is 2.57. The lowest BCUT2D eigenvalue weighted by atomic mass is 9.77. The quantitative estimate of drug-likeness (QED) is 0.317. The van der Waals surface area contributed by atoms with Crippen LogP contribution in [-0.4, -0.2) is 19.1 Å². The number of carbonyl (C=O) groups excluding carboxylic acids is 1. The maximum Gasteiger partial charge on any atom is 0.340 e. The summed E-state index contributed by atoms with van der Waals surface area (Å²) in [5, 5.41) is 3.52. The lowest BCUT2D eigenvalue weighted by molar-refractivity contribution is 0.0224. The van der Waals surface area contributed by atoms with Crippen molar-refractivity contribution in [1.82, 2.24) is 0 Å². The number of carbonyl (C=O) groups is 1. The summed E-state index contributed by atoms with van der Waals surface area (Å²) in [7, 11) is 2.06. The second kappa shape index (κ2) is 8.16. The highest BCUT2D eigenvalue weighted by Gasteiger charge is 2.53. The molecule has 0 bridgehead atoms.